The quantitative estimate of drug-likeness (QED) is 0.765. The first kappa shape index (κ1) is 18.2. The highest BCUT2D eigenvalue weighted by Gasteiger charge is 2.19. The smallest absolute Gasteiger partial charge is 0.252 e. The lowest BCUT2D eigenvalue weighted by Gasteiger charge is -2.35. The summed E-state index contributed by atoms with van der Waals surface area (Å²) in [5.41, 5.74) is 1.51. The first-order valence-corrected chi connectivity index (χ1v) is 8.36. The minimum Gasteiger partial charge on any atom is -0.367 e. The fraction of sp³-hybridized carbons (Fsp3) is 0.588. The second-order valence-electron chi connectivity index (χ2n) is 6.34. The van der Waals surface area contributed by atoms with Crippen molar-refractivity contribution in [3.05, 3.63) is 24.0 Å². The Bertz CT molecular complexity index is 568. The molecule has 1 aromatic heterocycles. The van der Waals surface area contributed by atoms with E-state index in [2.05, 4.69) is 20.1 Å². The maximum atomic E-state index is 12.2. The molecule has 1 fully saturated rings. The Morgan fingerprint density at radius 3 is 2.54 bits per heavy atom. The van der Waals surface area contributed by atoms with E-state index in [1.165, 1.54) is 0 Å². The Kier molecular flexibility index (Phi) is 6.54. The van der Waals surface area contributed by atoms with E-state index in [0.717, 1.165) is 31.7 Å². The fourth-order valence-corrected chi connectivity index (χ4v) is 2.70. The standard InChI is InChI=1S/C17H27N5O2/c1-14(23)21-7-9-22(10-8-21)16-11-15(12-18-13-16)17(24)19-5-4-6-20(2)3/h11-13H,4-10H2,1-3H3,(H,19,24). The third-order valence-electron chi connectivity index (χ3n) is 4.14. The van der Waals surface area contributed by atoms with Crippen LogP contribution in [-0.2, 0) is 4.79 Å². The summed E-state index contributed by atoms with van der Waals surface area (Å²) in [5.74, 6) is 0.0177. The molecule has 0 aromatic carbocycles. The van der Waals surface area contributed by atoms with Gasteiger partial charge in [0.15, 0.2) is 0 Å². The highest BCUT2D eigenvalue weighted by Crippen LogP contribution is 2.17. The van der Waals surface area contributed by atoms with Crippen LogP contribution in [0.4, 0.5) is 5.69 Å². The molecular formula is C17H27N5O2. The van der Waals surface area contributed by atoms with Gasteiger partial charge in [0.05, 0.1) is 17.4 Å². The molecule has 132 valence electrons. The summed E-state index contributed by atoms with van der Waals surface area (Å²) >= 11 is 0. The second kappa shape index (κ2) is 8.63. The number of hydrogen-bond donors (Lipinski definition) is 1. The molecule has 2 amide bonds. The summed E-state index contributed by atoms with van der Waals surface area (Å²) in [4.78, 5) is 33.9. The maximum Gasteiger partial charge on any atom is 0.252 e. The van der Waals surface area contributed by atoms with Crippen LogP contribution in [0.1, 0.15) is 23.7 Å². The predicted molar refractivity (Wildman–Crippen MR) is 94.2 cm³/mol. The molecule has 7 nitrogen and oxygen atoms in total. The molecule has 1 N–H and O–H groups in total. The third-order valence-corrected chi connectivity index (χ3v) is 4.14. The molecule has 0 radical (unpaired) electrons. The van der Waals surface area contributed by atoms with Crippen molar-refractivity contribution in [1.82, 2.24) is 20.1 Å². The van der Waals surface area contributed by atoms with Crippen molar-refractivity contribution in [1.29, 1.82) is 0 Å². The van der Waals surface area contributed by atoms with Crippen LogP contribution in [0.25, 0.3) is 0 Å². The Labute approximate surface area is 143 Å². The van der Waals surface area contributed by atoms with E-state index < -0.39 is 0 Å². The molecule has 24 heavy (non-hydrogen) atoms. The molecule has 0 atom stereocenters. The summed E-state index contributed by atoms with van der Waals surface area (Å²) in [6, 6.07) is 1.87. The Morgan fingerprint density at radius 1 is 1.21 bits per heavy atom. The van der Waals surface area contributed by atoms with Gasteiger partial charge in [-0.15, -0.1) is 0 Å². The predicted octanol–water partition coefficient (Wildman–Crippen LogP) is 0.432. The minimum absolute atomic E-state index is 0.0921. The number of anilines is 1. The van der Waals surface area contributed by atoms with E-state index in [1.54, 1.807) is 19.3 Å². The van der Waals surface area contributed by atoms with Crippen LogP contribution in [0.2, 0.25) is 0 Å². The van der Waals surface area contributed by atoms with Crippen LogP contribution in [0, 0.1) is 0 Å². The van der Waals surface area contributed by atoms with Gasteiger partial charge < -0.3 is 20.0 Å². The molecule has 1 aromatic rings. The van der Waals surface area contributed by atoms with E-state index in [9.17, 15) is 9.59 Å². The van der Waals surface area contributed by atoms with Gasteiger partial charge in [-0.3, -0.25) is 14.6 Å². The maximum absolute atomic E-state index is 12.2. The molecule has 0 bridgehead atoms. The molecule has 1 aliphatic heterocycles. The number of piperazine rings is 1. The zero-order valence-corrected chi connectivity index (χ0v) is 14.8. The van der Waals surface area contributed by atoms with E-state index in [4.69, 9.17) is 0 Å². The van der Waals surface area contributed by atoms with Gasteiger partial charge >= 0.3 is 0 Å². The molecule has 1 aliphatic rings. The molecule has 7 heteroatoms. The van der Waals surface area contributed by atoms with Crippen LogP contribution >= 0.6 is 0 Å². The van der Waals surface area contributed by atoms with Gasteiger partial charge in [0.2, 0.25) is 5.91 Å². The molecule has 0 spiro atoms. The Balaban J connectivity index is 1.89. The van der Waals surface area contributed by atoms with Crippen LogP contribution < -0.4 is 10.2 Å². The molecule has 2 rings (SSSR count). The van der Waals surface area contributed by atoms with Gasteiger partial charge in [-0.2, -0.15) is 0 Å². The highest BCUT2D eigenvalue weighted by molar-refractivity contribution is 5.94. The van der Waals surface area contributed by atoms with Crippen LogP contribution in [0.5, 0.6) is 0 Å². The summed E-state index contributed by atoms with van der Waals surface area (Å²) in [6.07, 6.45) is 4.28. The second-order valence-corrected chi connectivity index (χ2v) is 6.34. The molecular weight excluding hydrogens is 306 g/mol. The number of rotatable bonds is 6. The zero-order valence-electron chi connectivity index (χ0n) is 14.8. The van der Waals surface area contributed by atoms with E-state index in [0.29, 0.717) is 25.2 Å². The average Bonchev–Trinajstić information content (AvgIpc) is 2.58. The van der Waals surface area contributed by atoms with E-state index in [1.807, 2.05) is 25.1 Å². The number of pyridine rings is 1. The van der Waals surface area contributed by atoms with Crippen LogP contribution in [0.3, 0.4) is 0 Å². The number of nitrogens with zero attached hydrogens (tertiary/aromatic N) is 4. The van der Waals surface area contributed by atoms with Crippen molar-refractivity contribution in [2.75, 3.05) is 58.3 Å². The normalized spacial score (nSPS) is 14.8. The topological polar surface area (TPSA) is 68.8 Å². The first-order chi connectivity index (χ1) is 11.5. The Morgan fingerprint density at radius 2 is 1.92 bits per heavy atom. The lowest BCUT2D eigenvalue weighted by Crippen LogP contribution is -2.48. The van der Waals surface area contributed by atoms with Crippen molar-refractivity contribution < 1.29 is 9.59 Å². The van der Waals surface area contributed by atoms with Gasteiger partial charge in [0.1, 0.15) is 0 Å². The van der Waals surface area contributed by atoms with Crippen molar-refractivity contribution in [3.8, 4) is 0 Å². The van der Waals surface area contributed by atoms with Gasteiger partial charge in [0, 0.05) is 45.8 Å². The summed E-state index contributed by atoms with van der Waals surface area (Å²) in [7, 11) is 4.03. The first-order valence-electron chi connectivity index (χ1n) is 8.36. The number of amides is 2. The lowest BCUT2D eigenvalue weighted by atomic mass is 10.2. The number of carbonyl (C=O) groups is 2. The Hall–Kier alpha value is -2.15. The van der Waals surface area contributed by atoms with Crippen molar-refractivity contribution in [2.45, 2.75) is 13.3 Å². The molecule has 0 saturated carbocycles. The molecule has 0 aliphatic carbocycles. The van der Waals surface area contributed by atoms with Crippen molar-refractivity contribution >= 4 is 17.5 Å². The summed E-state index contributed by atoms with van der Waals surface area (Å²) in [5, 5.41) is 2.93. The van der Waals surface area contributed by atoms with Crippen LogP contribution in [-0.4, -0.2) is 80.0 Å². The van der Waals surface area contributed by atoms with E-state index >= 15 is 0 Å². The summed E-state index contributed by atoms with van der Waals surface area (Å²) < 4.78 is 0. The molecule has 2 heterocycles. The van der Waals surface area contributed by atoms with Gasteiger partial charge in [-0.1, -0.05) is 0 Å². The van der Waals surface area contributed by atoms with Gasteiger partial charge in [-0.25, -0.2) is 0 Å². The number of carbonyl (C=O) groups excluding carboxylic acids is 2. The van der Waals surface area contributed by atoms with Gasteiger partial charge in [0.25, 0.3) is 5.91 Å². The largest absolute Gasteiger partial charge is 0.367 e. The monoisotopic (exact) mass is 333 g/mol. The highest BCUT2D eigenvalue weighted by atomic mass is 16.2. The average molecular weight is 333 g/mol. The zero-order chi connectivity index (χ0) is 17.5. The van der Waals surface area contributed by atoms with Crippen molar-refractivity contribution in [2.24, 2.45) is 0 Å². The molecule has 0 unspecified atom stereocenters. The fourth-order valence-electron chi connectivity index (χ4n) is 2.70. The number of aromatic nitrogens is 1. The summed E-state index contributed by atoms with van der Waals surface area (Å²) in [6.45, 7) is 6.12. The third kappa shape index (κ3) is 5.19. The minimum atomic E-state index is -0.0921. The number of hydrogen-bond acceptors (Lipinski definition) is 5. The lowest BCUT2D eigenvalue weighted by molar-refractivity contribution is -0.129. The number of nitrogens with one attached hydrogen (secondary N) is 1. The van der Waals surface area contributed by atoms with E-state index in [-0.39, 0.29) is 11.8 Å². The van der Waals surface area contributed by atoms with Crippen LogP contribution in [0.15, 0.2) is 18.5 Å². The van der Waals surface area contributed by atoms with Crippen molar-refractivity contribution in [3.63, 3.8) is 0 Å². The SMILES string of the molecule is CC(=O)N1CCN(c2cncc(C(=O)NCCCN(C)C)c2)CC1. The molecule has 1 saturated heterocycles. The van der Waals surface area contributed by atoms with Gasteiger partial charge in [-0.05, 0) is 33.1 Å².